The summed E-state index contributed by atoms with van der Waals surface area (Å²) in [7, 11) is 0. The van der Waals surface area contributed by atoms with Crippen LogP contribution in [0.4, 0.5) is 11.4 Å². The fourth-order valence-corrected chi connectivity index (χ4v) is 3.85. The second-order valence-electron chi connectivity index (χ2n) is 7.31. The molecule has 1 fully saturated rings. The maximum Gasteiger partial charge on any atom is 0.228 e. The van der Waals surface area contributed by atoms with Crippen LogP contribution in [0.3, 0.4) is 0 Å². The van der Waals surface area contributed by atoms with Gasteiger partial charge in [0, 0.05) is 0 Å². The van der Waals surface area contributed by atoms with Gasteiger partial charge in [-0.1, -0.05) is 18.2 Å². The van der Waals surface area contributed by atoms with E-state index in [2.05, 4.69) is 23.2 Å². The van der Waals surface area contributed by atoms with Crippen molar-refractivity contribution in [3.05, 3.63) is 48.0 Å². The first-order valence-corrected chi connectivity index (χ1v) is 10.1. The average Bonchev–Trinajstić information content (AvgIpc) is 2.74. The fraction of sp³-hybridized carbons (Fsp3) is 0.409. The zero-order chi connectivity index (χ0) is 19.3. The number of hydrogen-bond acceptors (Lipinski definition) is 4. The van der Waals surface area contributed by atoms with Crippen LogP contribution in [0.2, 0.25) is 0 Å². The van der Waals surface area contributed by atoms with Gasteiger partial charge in [0.2, 0.25) is 5.91 Å². The Labute approximate surface area is 166 Å². The van der Waals surface area contributed by atoms with Crippen LogP contribution in [0.25, 0.3) is 0 Å². The molecule has 1 amide bonds. The molecule has 6 heteroatoms. The van der Waals surface area contributed by atoms with E-state index < -0.39 is 0 Å². The third kappa shape index (κ3) is 4.22. The summed E-state index contributed by atoms with van der Waals surface area (Å²) in [4.78, 5) is 16.7. The molecule has 2 aliphatic heterocycles. The molecule has 2 heterocycles. The normalized spacial score (nSPS) is 16.7. The quantitative estimate of drug-likeness (QED) is 0.820. The Morgan fingerprint density at radius 1 is 1.07 bits per heavy atom. The Bertz CT molecular complexity index is 832. The van der Waals surface area contributed by atoms with Gasteiger partial charge in [0.05, 0.1) is 50.5 Å². The molecule has 2 aromatic carbocycles. The summed E-state index contributed by atoms with van der Waals surface area (Å²) in [6.45, 7) is 8.81. The molecule has 4 rings (SSSR count). The minimum atomic E-state index is -0.0260. The summed E-state index contributed by atoms with van der Waals surface area (Å²) >= 11 is 0. The zero-order valence-electron chi connectivity index (χ0n) is 16.4. The zero-order valence-corrected chi connectivity index (χ0v) is 16.4. The molecule has 0 atom stereocenters. The number of ether oxygens (including phenoxy) is 2. The Kier molecular flexibility index (Phi) is 5.67. The van der Waals surface area contributed by atoms with Gasteiger partial charge >= 0.3 is 0 Å². The van der Waals surface area contributed by atoms with Crippen molar-refractivity contribution in [1.29, 1.82) is 0 Å². The summed E-state index contributed by atoms with van der Waals surface area (Å²) in [5, 5.41) is 3.10. The summed E-state index contributed by atoms with van der Waals surface area (Å²) in [5.74, 6) is 1.43. The Morgan fingerprint density at radius 2 is 1.82 bits per heavy atom. The molecule has 0 aliphatic carbocycles. The van der Waals surface area contributed by atoms with Gasteiger partial charge in [0.1, 0.15) is 13.2 Å². The van der Waals surface area contributed by atoms with Crippen LogP contribution in [0.15, 0.2) is 42.5 Å². The third-order valence-electron chi connectivity index (χ3n) is 5.46. The molecule has 2 aromatic rings. The minimum Gasteiger partial charge on any atom is -0.486 e. The Morgan fingerprint density at radius 3 is 2.61 bits per heavy atom. The number of para-hydroxylation sites is 2. The monoisotopic (exact) mass is 382 g/mol. The van der Waals surface area contributed by atoms with Gasteiger partial charge in [0.15, 0.2) is 11.5 Å². The standard InChI is InChI=1S/C22H27N3O3/c1-2-24-9-11-25(12-10-24)19-6-4-3-5-18(19)23-22(26)16-17-7-8-20-21(15-17)28-14-13-27-20/h3-8,15H,2,9-14,16H2,1H3,(H,23,26)/p+1. The number of carbonyl (C=O) groups is 1. The third-order valence-corrected chi connectivity index (χ3v) is 5.46. The van der Waals surface area contributed by atoms with Crippen molar-refractivity contribution in [2.24, 2.45) is 0 Å². The number of likely N-dealkylation sites (N-methyl/N-ethyl adjacent to an activating group) is 1. The largest absolute Gasteiger partial charge is 0.486 e. The first-order valence-electron chi connectivity index (χ1n) is 10.1. The van der Waals surface area contributed by atoms with E-state index in [1.165, 1.54) is 6.54 Å². The SMILES string of the molecule is CC[NH+]1CCN(c2ccccc2NC(=O)Cc2ccc3c(c2)OCCO3)CC1. The molecule has 0 aromatic heterocycles. The van der Waals surface area contributed by atoms with Gasteiger partial charge in [-0.25, -0.2) is 0 Å². The summed E-state index contributed by atoms with van der Waals surface area (Å²) < 4.78 is 11.2. The van der Waals surface area contributed by atoms with Crippen molar-refractivity contribution < 1.29 is 19.2 Å². The number of anilines is 2. The molecule has 0 bridgehead atoms. The van der Waals surface area contributed by atoms with Crippen molar-refractivity contribution in [1.82, 2.24) is 0 Å². The lowest BCUT2D eigenvalue weighted by Gasteiger charge is -2.34. The number of benzene rings is 2. The van der Waals surface area contributed by atoms with E-state index in [0.717, 1.165) is 48.9 Å². The molecule has 1 saturated heterocycles. The number of rotatable bonds is 5. The molecule has 0 spiro atoms. The van der Waals surface area contributed by atoms with Crippen molar-refractivity contribution in [2.45, 2.75) is 13.3 Å². The number of nitrogens with zero attached hydrogens (tertiary/aromatic N) is 1. The number of quaternary nitrogens is 1. The molecule has 0 unspecified atom stereocenters. The minimum absolute atomic E-state index is 0.0260. The number of hydrogen-bond donors (Lipinski definition) is 2. The smallest absolute Gasteiger partial charge is 0.228 e. The van der Waals surface area contributed by atoms with E-state index in [1.54, 1.807) is 4.90 Å². The van der Waals surface area contributed by atoms with Crippen LogP contribution in [-0.4, -0.2) is 51.8 Å². The lowest BCUT2D eigenvalue weighted by atomic mass is 10.1. The topological polar surface area (TPSA) is 55.2 Å². The van der Waals surface area contributed by atoms with Crippen LogP contribution < -0.4 is 24.6 Å². The lowest BCUT2D eigenvalue weighted by Crippen LogP contribution is -3.14. The van der Waals surface area contributed by atoms with Crippen LogP contribution in [0.1, 0.15) is 12.5 Å². The van der Waals surface area contributed by atoms with E-state index >= 15 is 0 Å². The van der Waals surface area contributed by atoms with E-state index in [1.807, 2.05) is 36.4 Å². The number of nitrogens with one attached hydrogen (secondary N) is 2. The molecule has 2 N–H and O–H groups in total. The van der Waals surface area contributed by atoms with Gasteiger partial charge in [-0.15, -0.1) is 0 Å². The summed E-state index contributed by atoms with van der Waals surface area (Å²) in [6, 6.07) is 13.8. The number of piperazine rings is 1. The molecule has 28 heavy (non-hydrogen) atoms. The predicted molar refractivity (Wildman–Crippen MR) is 110 cm³/mol. The Balaban J connectivity index is 1.42. The summed E-state index contributed by atoms with van der Waals surface area (Å²) in [5.41, 5.74) is 2.90. The van der Waals surface area contributed by atoms with E-state index in [-0.39, 0.29) is 5.91 Å². The van der Waals surface area contributed by atoms with E-state index in [4.69, 9.17) is 9.47 Å². The second kappa shape index (κ2) is 8.52. The van der Waals surface area contributed by atoms with Crippen LogP contribution in [-0.2, 0) is 11.2 Å². The fourth-order valence-electron chi connectivity index (χ4n) is 3.85. The maximum atomic E-state index is 12.7. The number of amides is 1. The maximum absolute atomic E-state index is 12.7. The molecule has 0 radical (unpaired) electrons. The number of carbonyl (C=O) groups excluding carboxylic acids is 1. The second-order valence-corrected chi connectivity index (χ2v) is 7.31. The van der Waals surface area contributed by atoms with Crippen molar-refractivity contribution in [2.75, 3.05) is 56.2 Å². The van der Waals surface area contributed by atoms with Gasteiger partial charge in [-0.05, 0) is 36.8 Å². The van der Waals surface area contributed by atoms with Gasteiger partial charge in [0.25, 0.3) is 0 Å². The molecule has 6 nitrogen and oxygen atoms in total. The van der Waals surface area contributed by atoms with Gasteiger partial charge < -0.3 is 24.6 Å². The molecular weight excluding hydrogens is 354 g/mol. The van der Waals surface area contributed by atoms with Crippen molar-refractivity contribution in [3.8, 4) is 11.5 Å². The highest BCUT2D eigenvalue weighted by Gasteiger charge is 2.21. The van der Waals surface area contributed by atoms with Crippen LogP contribution in [0.5, 0.6) is 11.5 Å². The summed E-state index contributed by atoms with van der Waals surface area (Å²) in [6.07, 6.45) is 0.304. The van der Waals surface area contributed by atoms with Gasteiger partial charge in [-0.3, -0.25) is 4.79 Å². The van der Waals surface area contributed by atoms with Crippen molar-refractivity contribution in [3.63, 3.8) is 0 Å². The predicted octanol–water partition coefficient (Wildman–Crippen LogP) is 1.36. The van der Waals surface area contributed by atoms with Crippen LogP contribution in [0, 0.1) is 0 Å². The van der Waals surface area contributed by atoms with E-state index in [9.17, 15) is 4.79 Å². The van der Waals surface area contributed by atoms with Crippen LogP contribution >= 0.6 is 0 Å². The highest BCUT2D eigenvalue weighted by atomic mass is 16.6. The molecular formula is C22H28N3O3+. The number of fused-ring (bicyclic) bond motifs is 1. The molecule has 2 aliphatic rings. The van der Waals surface area contributed by atoms with Crippen molar-refractivity contribution >= 4 is 17.3 Å². The average molecular weight is 382 g/mol. The lowest BCUT2D eigenvalue weighted by molar-refractivity contribution is -0.898. The molecule has 148 valence electrons. The highest BCUT2D eigenvalue weighted by Crippen LogP contribution is 2.31. The molecule has 0 saturated carbocycles. The highest BCUT2D eigenvalue weighted by molar-refractivity contribution is 5.95. The first-order chi connectivity index (χ1) is 13.7. The Hall–Kier alpha value is -2.73. The first kappa shape index (κ1) is 18.6. The van der Waals surface area contributed by atoms with Gasteiger partial charge in [-0.2, -0.15) is 0 Å². The van der Waals surface area contributed by atoms with E-state index in [0.29, 0.717) is 25.4 Å².